The smallest absolute Gasteiger partial charge is 0.394 e. The highest BCUT2D eigenvalue weighted by atomic mass is 31.3. The van der Waals surface area contributed by atoms with Crippen LogP contribution in [0.4, 0.5) is 0 Å². The second-order valence-electron chi connectivity index (χ2n) is 8.30. The summed E-state index contributed by atoms with van der Waals surface area (Å²) in [7, 11) is -11.0. The molecule has 2 saturated heterocycles. The first-order valence-corrected chi connectivity index (χ1v) is 13.9. The maximum absolute atomic E-state index is 12.4. The number of H-pyrrole nitrogens is 1. The molecule has 4 unspecified atom stereocenters. The number of phosphoric ester groups is 2. The van der Waals surface area contributed by atoms with Crippen LogP contribution in [0.1, 0.15) is 19.6 Å². The van der Waals surface area contributed by atoms with Gasteiger partial charge >= 0.3 is 21.3 Å². The summed E-state index contributed by atoms with van der Waals surface area (Å²) >= 11 is 0. The number of carbonyl (C=O) groups excluding carboxylic acids is 1. The summed E-state index contributed by atoms with van der Waals surface area (Å²) < 4.78 is 49.3. The third-order valence-corrected chi connectivity index (χ3v) is 8.07. The molecule has 10 atom stereocenters. The quantitative estimate of drug-likeness (QED) is 0.122. The van der Waals surface area contributed by atoms with Gasteiger partial charge < -0.3 is 45.0 Å². The van der Waals surface area contributed by atoms with Gasteiger partial charge in [0.1, 0.15) is 30.6 Å². The van der Waals surface area contributed by atoms with Crippen LogP contribution in [0.25, 0.3) is 0 Å². The molecule has 3 rings (SSSR count). The number of phosphoric acid groups is 2. The first-order valence-electron chi connectivity index (χ1n) is 10.9. The first-order chi connectivity index (χ1) is 17.6. The van der Waals surface area contributed by atoms with Crippen LogP contribution < -0.4 is 16.6 Å². The summed E-state index contributed by atoms with van der Waals surface area (Å²) in [5.41, 5.74) is -1.51. The van der Waals surface area contributed by atoms with Gasteiger partial charge in [-0.1, -0.05) is 0 Å². The molecule has 8 N–H and O–H groups in total. The fraction of sp³-hybridized carbons (Fsp3) is 0.706. The van der Waals surface area contributed by atoms with E-state index in [4.69, 9.17) is 9.47 Å². The highest BCUT2D eigenvalue weighted by molar-refractivity contribution is 7.61. The van der Waals surface area contributed by atoms with Gasteiger partial charge in [-0.15, -0.1) is 0 Å². The van der Waals surface area contributed by atoms with E-state index in [0.29, 0.717) is 0 Å². The molecule has 19 nitrogen and oxygen atoms in total. The molecular formula is C17H27N3O16P2. The number of hydrogen-bond donors (Lipinski definition) is 8. The van der Waals surface area contributed by atoms with Crippen LogP contribution in [0.3, 0.4) is 0 Å². The Morgan fingerprint density at radius 1 is 1.16 bits per heavy atom. The lowest BCUT2D eigenvalue weighted by Crippen LogP contribution is -2.64. The monoisotopic (exact) mass is 591 g/mol. The summed E-state index contributed by atoms with van der Waals surface area (Å²) in [5, 5.41) is 42.1. The van der Waals surface area contributed by atoms with Gasteiger partial charge in [-0.25, -0.2) is 13.9 Å². The lowest BCUT2D eigenvalue weighted by Gasteiger charge is -2.42. The first kappa shape index (κ1) is 30.7. The van der Waals surface area contributed by atoms with Crippen LogP contribution in [-0.2, 0) is 36.8 Å². The number of nitrogens with one attached hydrogen (secondary N) is 2. The summed E-state index contributed by atoms with van der Waals surface area (Å²) in [6, 6.07) is -0.492. The van der Waals surface area contributed by atoms with Crippen molar-refractivity contribution in [1.29, 1.82) is 0 Å². The highest BCUT2D eigenvalue weighted by Crippen LogP contribution is 2.61. The van der Waals surface area contributed by atoms with Gasteiger partial charge in [0.15, 0.2) is 6.29 Å². The Morgan fingerprint density at radius 3 is 2.45 bits per heavy atom. The topological polar surface area (TPSA) is 286 Å². The van der Waals surface area contributed by atoms with E-state index >= 15 is 0 Å². The molecule has 38 heavy (non-hydrogen) atoms. The van der Waals surface area contributed by atoms with Crippen LogP contribution in [0.15, 0.2) is 21.9 Å². The Balaban J connectivity index is 1.61. The maximum Gasteiger partial charge on any atom is 0.483 e. The van der Waals surface area contributed by atoms with Crippen molar-refractivity contribution in [1.82, 2.24) is 14.9 Å². The molecule has 3 heterocycles. The fourth-order valence-electron chi connectivity index (χ4n) is 3.74. The van der Waals surface area contributed by atoms with Gasteiger partial charge in [0.05, 0.1) is 25.4 Å². The van der Waals surface area contributed by atoms with Gasteiger partial charge in [-0.05, 0) is 0 Å². The van der Waals surface area contributed by atoms with Crippen LogP contribution in [-0.4, -0.2) is 102 Å². The Kier molecular flexibility index (Phi) is 9.81. The molecule has 0 aromatic carbocycles. The van der Waals surface area contributed by atoms with Crippen molar-refractivity contribution in [2.24, 2.45) is 0 Å². The van der Waals surface area contributed by atoms with Crippen molar-refractivity contribution in [3.63, 3.8) is 0 Å². The number of hydrogen-bond acceptors (Lipinski definition) is 14. The standard InChI is InChI=1S/C17H27N3O16P2/c1-7(22)18-13-14(25)9(5-21)34-16(15(13)26)35-38(30,31)36-37(28,29)32-6-10-8(23)4-12(33-10)20-3-2-11(24)19-17(20)27/h2-3,8-10,12-16,21,23,25-26H,4-6H2,1H3,(H,18,22)(H,28,29)(H,30,31)(H,19,24,27)/t8-,9+,10+,12?,13-,14+,15+,16?/m0/s1. The van der Waals surface area contributed by atoms with E-state index in [0.717, 1.165) is 23.8 Å². The molecule has 2 fully saturated rings. The van der Waals surface area contributed by atoms with E-state index in [1.807, 2.05) is 4.98 Å². The zero-order valence-corrected chi connectivity index (χ0v) is 21.3. The number of carbonyl (C=O) groups is 1. The number of aliphatic hydroxyl groups is 4. The number of nitrogens with zero attached hydrogens (tertiary/aromatic N) is 1. The largest absolute Gasteiger partial charge is 0.483 e. The van der Waals surface area contributed by atoms with E-state index in [-0.39, 0.29) is 6.42 Å². The summed E-state index contributed by atoms with van der Waals surface area (Å²) in [6.45, 7) is -0.683. The van der Waals surface area contributed by atoms with E-state index < -0.39 is 95.1 Å². The van der Waals surface area contributed by atoms with Crippen LogP contribution >= 0.6 is 15.6 Å². The van der Waals surface area contributed by atoms with Crippen molar-refractivity contribution in [3.05, 3.63) is 33.1 Å². The second-order valence-corrected chi connectivity index (χ2v) is 11.3. The van der Waals surface area contributed by atoms with Crippen molar-refractivity contribution < 1.29 is 67.0 Å². The van der Waals surface area contributed by atoms with Crippen LogP contribution in [0.5, 0.6) is 0 Å². The minimum atomic E-state index is -5.57. The highest BCUT2D eigenvalue weighted by Gasteiger charge is 2.49. The third-order valence-electron chi connectivity index (χ3n) is 5.47. The minimum Gasteiger partial charge on any atom is -0.394 e. The predicted octanol–water partition coefficient (Wildman–Crippen LogP) is -3.62. The minimum absolute atomic E-state index is 0.178. The molecular weight excluding hydrogens is 564 g/mol. The number of aromatic amines is 1. The Bertz CT molecular complexity index is 1210. The zero-order valence-electron chi connectivity index (χ0n) is 19.5. The lowest BCUT2D eigenvalue weighted by atomic mass is 9.96. The molecule has 0 spiro atoms. The second kappa shape index (κ2) is 12.1. The Hall–Kier alpha value is -1.83. The van der Waals surface area contributed by atoms with E-state index in [1.165, 1.54) is 0 Å². The number of aliphatic hydroxyl groups excluding tert-OH is 4. The summed E-state index contributed by atoms with van der Waals surface area (Å²) in [4.78, 5) is 56.3. The van der Waals surface area contributed by atoms with Crippen LogP contribution in [0.2, 0.25) is 0 Å². The summed E-state index contributed by atoms with van der Waals surface area (Å²) in [5.74, 6) is -0.717. The Labute approximate surface area is 212 Å². The van der Waals surface area contributed by atoms with Gasteiger partial charge in [-0.3, -0.25) is 28.2 Å². The molecule has 1 amide bonds. The lowest BCUT2D eigenvalue weighted by molar-refractivity contribution is -0.255. The van der Waals surface area contributed by atoms with Gasteiger partial charge in [0, 0.05) is 25.6 Å². The fourth-order valence-corrected chi connectivity index (χ4v) is 5.90. The molecule has 216 valence electrons. The van der Waals surface area contributed by atoms with Crippen molar-refractivity contribution in [3.8, 4) is 0 Å². The molecule has 0 bridgehead atoms. The van der Waals surface area contributed by atoms with Gasteiger partial charge in [-0.2, -0.15) is 4.31 Å². The summed E-state index contributed by atoms with van der Waals surface area (Å²) in [6.07, 6.45) is -10.0. The molecule has 2 aliphatic rings. The average Bonchev–Trinajstić information content (AvgIpc) is 3.16. The normalized spacial score (nSPS) is 34.8. The van der Waals surface area contributed by atoms with Crippen molar-refractivity contribution >= 4 is 21.6 Å². The van der Waals surface area contributed by atoms with Crippen molar-refractivity contribution in [2.45, 2.75) is 62.4 Å². The maximum atomic E-state index is 12.4. The molecule has 1 aromatic heterocycles. The third kappa shape index (κ3) is 7.64. The molecule has 2 aliphatic heterocycles. The SMILES string of the molecule is CC(=O)N[C@H]1[C@H](O)[C@@H](CO)OC(OP(=O)(O)OP(=O)(O)OC[C@H]2OC(n3ccc(=O)[nH]c3=O)C[C@@H]2O)[C@@H]1O. The molecule has 1 aromatic rings. The zero-order chi connectivity index (χ0) is 28.4. The van der Waals surface area contributed by atoms with Gasteiger partial charge in [0.25, 0.3) is 5.56 Å². The van der Waals surface area contributed by atoms with Crippen LogP contribution in [0, 0.1) is 0 Å². The molecule has 21 heteroatoms. The average molecular weight is 591 g/mol. The Morgan fingerprint density at radius 2 is 1.84 bits per heavy atom. The number of aromatic nitrogens is 2. The van der Waals surface area contributed by atoms with E-state index in [9.17, 15) is 53.7 Å². The number of amides is 1. The van der Waals surface area contributed by atoms with E-state index in [1.54, 1.807) is 0 Å². The van der Waals surface area contributed by atoms with Gasteiger partial charge in [0.2, 0.25) is 5.91 Å². The van der Waals surface area contributed by atoms with Crippen molar-refractivity contribution in [2.75, 3.05) is 13.2 Å². The molecule has 0 radical (unpaired) electrons. The number of ether oxygens (including phenoxy) is 2. The predicted molar refractivity (Wildman–Crippen MR) is 119 cm³/mol. The molecule has 0 aliphatic carbocycles. The molecule has 0 saturated carbocycles. The number of rotatable bonds is 10. The van der Waals surface area contributed by atoms with E-state index in [2.05, 4.69) is 18.7 Å².